The molecular formula is C14H19N3O2. The molecule has 19 heavy (non-hydrogen) atoms. The largest absolute Gasteiger partial charge is 0.481 e. The van der Waals surface area contributed by atoms with E-state index in [1.807, 2.05) is 25.0 Å². The predicted octanol–water partition coefficient (Wildman–Crippen LogP) is 1.87. The van der Waals surface area contributed by atoms with Crippen LogP contribution in [0.1, 0.15) is 18.4 Å². The molecule has 1 heterocycles. The first-order chi connectivity index (χ1) is 9.06. The zero-order valence-electron chi connectivity index (χ0n) is 11.3. The van der Waals surface area contributed by atoms with E-state index in [4.69, 9.17) is 5.11 Å². The van der Waals surface area contributed by atoms with Crippen molar-refractivity contribution < 1.29 is 9.90 Å². The Bertz CT molecular complexity index is 577. The highest BCUT2D eigenvalue weighted by Crippen LogP contribution is 2.15. The van der Waals surface area contributed by atoms with Crippen LogP contribution in [-0.4, -0.2) is 39.1 Å². The summed E-state index contributed by atoms with van der Waals surface area (Å²) < 4.78 is 2.00. The van der Waals surface area contributed by atoms with E-state index in [1.165, 1.54) is 5.56 Å². The van der Waals surface area contributed by atoms with Crippen LogP contribution in [0.25, 0.3) is 11.0 Å². The molecule has 102 valence electrons. The monoisotopic (exact) mass is 261 g/mol. The van der Waals surface area contributed by atoms with Gasteiger partial charge in [0.1, 0.15) is 0 Å². The standard InChI is InChI=1S/C14H19N3O2/c1-16(7-3-4-14(18)19)9-11-5-6-13-12(8-11)15-10-17(13)2/h5-6,8,10H,3-4,7,9H2,1-2H3,(H,18,19). The smallest absolute Gasteiger partial charge is 0.303 e. The van der Waals surface area contributed by atoms with Crippen molar-refractivity contribution >= 4 is 17.0 Å². The number of aromatic nitrogens is 2. The lowest BCUT2D eigenvalue weighted by atomic mass is 10.2. The van der Waals surface area contributed by atoms with Gasteiger partial charge in [0.25, 0.3) is 0 Å². The number of imidazole rings is 1. The highest BCUT2D eigenvalue weighted by Gasteiger charge is 2.05. The molecule has 2 rings (SSSR count). The first-order valence-corrected chi connectivity index (χ1v) is 6.36. The number of aryl methyl sites for hydroxylation is 1. The van der Waals surface area contributed by atoms with E-state index in [0.29, 0.717) is 6.42 Å². The van der Waals surface area contributed by atoms with Gasteiger partial charge in [-0.2, -0.15) is 0 Å². The Labute approximate surface area is 112 Å². The van der Waals surface area contributed by atoms with Crippen LogP contribution in [0.15, 0.2) is 24.5 Å². The maximum absolute atomic E-state index is 10.5. The summed E-state index contributed by atoms with van der Waals surface area (Å²) in [6, 6.07) is 6.25. The number of nitrogens with zero attached hydrogens (tertiary/aromatic N) is 3. The second kappa shape index (κ2) is 5.84. The number of carboxylic acids is 1. The van der Waals surface area contributed by atoms with E-state index >= 15 is 0 Å². The van der Waals surface area contributed by atoms with Crippen molar-refractivity contribution in [2.24, 2.45) is 7.05 Å². The lowest BCUT2D eigenvalue weighted by Gasteiger charge is -2.16. The molecule has 0 aliphatic carbocycles. The Morgan fingerprint density at radius 2 is 2.26 bits per heavy atom. The third-order valence-corrected chi connectivity index (χ3v) is 3.17. The number of carboxylic acid groups (broad SMARTS) is 1. The van der Waals surface area contributed by atoms with E-state index < -0.39 is 5.97 Å². The molecule has 5 heteroatoms. The molecular weight excluding hydrogens is 242 g/mol. The first kappa shape index (κ1) is 13.5. The van der Waals surface area contributed by atoms with Crippen molar-refractivity contribution in [2.45, 2.75) is 19.4 Å². The number of fused-ring (bicyclic) bond motifs is 1. The van der Waals surface area contributed by atoms with Gasteiger partial charge < -0.3 is 14.6 Å². The van der Waals surface area contributed by atoms with Crippen molar-refractivity contribution in [2.75, 3.05) is 13.6 Å². The van der Waals surface area contributed by atoms with Gasteiger partial charge in [-0.25, -0.2) is 4.98 Å². The van der Waals surface area contributed by atoms with Crippen molar-refractivity contribution in [1.82, 2.24) is 14.5 Å². The van der Waals surface area contributed by atoms with Crippen LogP contribution in [0.3, 0.4) is 0 Å². The molecule has 1 N–H and O–H groups in total. The van der Waals surface area contributed by atoms with Crippen molar-refractivity contribution in [3.05, 3.63) is 30.1 Å². The third-order valence-electron chi connectivity index (χ3n) is 3.17. The van der Waals surface area contributed by atoms with Gasteiger partial charge in [0, 0.05) is 20.0 Å². The summed E-state index contributed by atoms with van der Waals surface area (Å²) in [5, 5.41) is 8.61. The number of hydrogen-bond acceptors (Lipinski definition) is 3. The molecule has 0 bridgehead atoms. The van der Waals surface area contributed by atoms with Crippen LogP contribution in [0.5, 0.6) is 0 Å². The summed E-state index contributed by atoms with van der Waals surface area (Å²) in [7, 11) is 3.98. The fourth-order valence-corrected chi connectivity index (χ4v) is 2.17. The molecule has 0 spiro atoms. The lowest BCUT2D eigenvalue weighted by Crippen LogP contribution is -2.19. The highest BCUT2D eigenvalue weighted by molar-refractivity contribution is 5.75. The number of hydrogen-bond donors (Lipinski definition) is 1. The number of rotatable bonds is 6. The average molecular weight is 261 g/mol. The summed E-state index contributed by atoms with van der Waals surface area (Å²) in [6.45, 7) is 1.60. The summed E-state index contributed by atoms with van der Waals surface area (Å²) >= 11 is 0. The zero-order chi connectivity index (χ0) is 13.8. The van der Waals surface area contributed by atoms with Crippen LogP contribution in [0, 0.1) is 0 Å². The first-order valence-electron chi connectivity index (χ1n) is 6.36. The quantitative estimate of drug-likeness (QED) is 0.862. The molecule has 0 saturated carbocycles. The Morgan fingerprint density at radius 1 is 1.47 bits per heavy atom. The lowest BCUT2D eigenvalue weighted by molar-refractivity contribution is -0.137. The van der Waals surface area contributed by atoms with Gasteiger partial charge in [-0.3, -0.25) is 4.79 Å². The van der Waals surface area contributed by atoms with Gasteiger partial charge in [0.15, 0.2) is 0 Å². The number of carbonyl (C=O) groups is 1. The molecule has 1 aromatic carbocycles. The molecule has 0 aliphatic rings. The van der Waals surface area contributed by atoms with Gasteiger partial charge in [-0.1, -0.05) is 6.07 Å². The number of benzene rings is 1. The minimum atomic E-state index is -0.733. The fraction of sp³-hybridized carbons (Fsp3) is 0.429. The molecule has 0 atom stereocenters. The minimum Gasteiger partial charge on any atom is -0.481 e. The predicted molar refractivity (Wildman–Crippen MR) is 73.9 cm³/mol. The average Bonchev–Trinajstić information content (AvgIpc) is 2.70. The molecule has 5 nitrogen and oxygen atoms in total. The maximum Gasteiger partial charge on any atom is 0.303 e. The van der Waals surface area contributed by atoms with Gasteiger partial charge in [-0.05, 0) is 37.7 Å². The topological polar surface area (TPSA) is 58.4 Å². The Balaban J connectivity index is 1.95. The van der Waals surface area contributed by atoms with Crippen LogP contribution in [-0.2, 0) is 18.4 Å². The Kier molecular flexibility index (Phi) is 4.16. The normalized spacial score (nSPS) is 11.3. The molecule has 2 aromatic rings. The van der Waals surface area contributed by atoms with Crippen LogP contribution < -0.4 is 0 Å². The number of aliphatic carboxylic acids is 1. The Hall–Kier alpha value is -1.88. The second-order valence-corrected chi connectivity index (χ2v) is 4.91. The molecule has 0 fully saturated rings. The molecule has 0 unspecified atom stereocenters. The van der Waals surface area contributed by atoms with E-state index in [1.54, 1.807) is 0 Å². The van der Waals surface area contributed by atoms with Gasteiger partial charge in [0.05, 0.1) is 17.4 Å². The zero-order valence-corrected chi connectivity index (χ0v) is 11.3. The van der Waals surface area contributed by atoms with E-state index in [9.17, 15) is 4.79 Å². The van der Waals surface area contributed by atoms with Crippen LogP contribution in [0.2, 0.25) is 0 Å². The van der Waals surface area contributed by atoms with Gasteiger partial charge in [-0.15, -0.1) is 0 Å². The summed E-state index contributed by atoms with van der Waals surface area (Å²) in [5.41, 5.74) is 3.32. The van der Waals surface area contributed by atoms with E-state index in [0.717, 1.165) is 24.1 Å². The van der Waals surface area contributed by atoms with E-state index in [-0.39, 0.29) is 6.42 Å². The maximum atomic E-state index is 10.5. The minimum absolute atomic E-state index is 0.226. The summed E-state index contributed by atoms with van der Waals surface area (Å²) in [5.74, 6) is -0.733. The van der Waals surface area contributed by atoms with E-state index in [2.05, 4.69) is 28.1 Å². The van der Waals surface area contributed by atoms with Crippen molar-refractivity contribution in [1.29, 1.82) is 0 Å². The molecule has 0 aliphatic heterocycles. The summed E-state index contributed by atoms with van der Waals surface area (Å²) in [6.07, 6.45) is 2.71. The van der Waals surface area contributed by atoms with Gasteiger partial charge >= 0.3 is 5.97 Å². The SMILES string of the molecule is CN(CCCC(=O)O)Cc1ccc2c(c1)ncn2C. The third kappa shape index (κ3) is 3.54. The van der Waals surface area contributed by atoms with Gasteiger partial charge in [0.2, 0.25) is 0 Å². The van der Waals surface area contributed by atoms with Crippen molar-refractivity contribution in [3.8, 4) is 0 Å². The summed E-state index contributed by atoms with van der Waals surface area (Å²) in [4.78, 5) is 16.9. The fourth-order valence-electron chi connectivity index (χ4n) is 2.17. The molecule has 0 radical (unpaired) electrons. The van der Waals surface area contributed by atoms with Crippen molar-refractivity contribution in [3.63, 3.8) is 0 Å². The Morgan fingerprint density at radius 3 is 3.00 bits per heavy atom. The molecule has 0 amide bonds. The second-order valence-electron chi connectivity index (χ2n) is 4.91. The molecule has 1 aromatic heterocycles. The highest BCUT2D eigenvalue weighted by atomic mass is 16.4. The van der Waals surface area contributed by atoms with Crippen LogP contribution >= 0.6 is 0 Å². The molecule has 0 saturated heterocycles. The van der Waals surface area contributed by atoms with Crippen LogP contribution in [0.4, 0.5) is 0 Å².